The molecule has 0 atom stereocenters. The molecule has 2 rings (SSSR count). The molecule has 1 aliphatic rings. The molecule has 4 nitrogen and oxygen atoms in total. The van der Waals surface area contributed by atoms with Gasteiger partial charge in [0, 0.05) is 11.3 Å². The van der Waals surface area contributed by atoms with Crippen LogP contribution in [0.5, 0.6) is 0 Å². The standard InChI is InChI=1S/C15H18FNO3/c1-14(2,3)20-13(19)17-10-4-5-11(12(16)8-10)15(9-18)6-7-15/h4-5,8-9H,6-7H2,1-3H3,(H,17,19). The summed E-state index contributed by atoms with van der Waals surface area (Å²) in [6, 6.07) is 4.33. The highest BCUT2D eigenvalue weighted by atomic mass is 19.1. The lowest BCUT2D eigenvalue weighted by atomic mass is 9.97. The van der Waals surface area contributed by atoms with Crippen molar-refractivity contribution < 1.29 is 18.7 Å². The van der Waals surface area contributed by atoms with Gasteiger partial charge in [0.15, 0.2) is 0 Å². The lowest BCUT2D eigenvalue weighted by Gasteiger charge is -2.20. The highest BCUT2D eigenvalue weighted by molar-refractivity contribution is 5.85. The molecule has 0 unspecified atom stereocenters. The van der Waals surface area contributed by atoms with Gasteiger partial charge < -0.3 is 9.53 Å². The van der Waals surface area contributed by atoms with Crippen molar-refractivity contribution in [2.45, 2.75) is 44.6 Å². The van der Waals surface area contributed by atoms with E-state index in [9.17, 15) is 14.0 Å². The Morgan fingerprint density at radius 3 is 2.50 bits per heavy atom. The summed E-state index contributed by atoms with van der Waals surface area (Å²) in [5, 5.41) is 2.47. The topological polar surface area (TPSA) is 55.4 Å². The SMILES string of the molecule is CC(C)(C)OC(=O)Nc1ccc(C2(C=O)CC2)c(F)c1. The molecule has 0 saturated heterocycles. The molecule has 1 amide bonds. The average molecular weight is 279 g/mol. The van der Waals surface area contributed by atoms with Crippen molar-refractivity contribution in [1.82, 2.24) is 0 Å². The molecule has 1 N–H and O–H groups in total. The van der Waals surface area contributed by atoms with E-state index in [4.69, 9.17) is 4.74 Å². The van der Waals surface area contributed by atoms with Gasteiger partial charge in [-0.05, 0) is 45.7 Å². The normalized spacial score (nSPS) is 16.4. The van der Waals surface area contributed by atoms with E-state index in [0.29, 0.717) is 24.1 Å². The van der Waals surface area contributed by atoms with Gasteiger partial charge in [-0.3, -0.25) is 5.32 Å². The van der Waals surface area contributed by atoms with Crippen LogP contribution in [0.3, 0.4) is 0 Å². The summed E-state index contributed by atoms with van der Waals surface area (Å²) < 4.78 is 19.1. The Hall–Kier alpha value is -1.91. The lowest BCUT2D eigenvalue weighted by Crippen LogP contribution is -2.27. The molecular weight excluding hydrogens is 261 g/mol. The second-order valence-electron chi connectivity index (χ2n) is 6.10. The number of halogens is 1. The molecule has 0 aromatic heterocycles. The first-order valence-electron chi connectivity index (χ1n) is 6.52. The van der Waals surface area contributed by atoms with E-state index >= 15 is 0 Å². The molecule has 0 spiro atoms. The van der Waals surface area contributed by atoms with Crippen molar-refractivity contribution in [2.75, 3.05) is 5.32 Å². The first kappa shape index (κ1) is 14.5. The van der Waals surface area contributed by atoms with Gasteiger partial charge in [-0.2, -0.15) is 0 Å². The second kappa shape index (κ2) is 4.89. The maximum Gasteiger partial charge on any atom is 0.412 e. The summed E-state index contributed by atoms with van der Waals surface area (Å²) >= 11 is 0. The number of ether oxygens (including phenoxy) is 1. The summed E-state index contributed by atoms with van der Waals surface area (Å²) in [4.78, 5) is 22.6. The molecule has 0 bridgehead atoms. The van der Waals surface area contributed by atoms with Crippen LogP contribution < -0.4 is 5.32 Å². The minimum Gasteiger partial charge on any atom is -0.444 e. The first-order valence-corrected chi connectivity index (χ1v) is 6.52. The van der Waals surface area contributed by atoms with Crippen LogP contribution in [-0.4, -0.2) is 18.0 Å². The van der Waals surface area contributed by atoms with Crippen LogP contribution in [0.2, 0.25) is 0 Å². The zero-order valence-electron chi connectivity index (χ0n) is 11.8. The molecule has 1 aromatic rings. The highest BCUT2D eigenvalue weighted by Crippen LogP contribution is 2.47. The number of amides is 1. The van der Waals surface area contributed by atoms with Crippen LogP contribution in [0.15, 0.2) is 18.2 Å². The Balaban J connectivity index is 2.10. The Bertz CT molecular complexity index is 545. The second-order valence-corrected chi connectivity index (χ2v) is 6.10. The monoisotopic (exact) mass is 279 g/mol. The Labute approximate surface area is 117 Å². The van der Waals surface area contributed by atoms with Crippen molar-refractivity contribution in [3.8, 4) is 0 Å². The van der Waals surface area contributed by atoms with Crippen LogP contribution in [0.1, 0.15) is 39.2 Å². The minimum atomic E-state index is -0.658. The molecule has 20 heavy (non-hydrogen) atoms. The summed E-state index contributed by atoms with van der Waals surface area (Å²) in [5.74, 6) is -0.483. The third kappa shape index (κ3) is 3.15. The van der Waals surface area contributed by atoms with Crippen molar-refractivity contribution in [2.24, 2.45) is 0 Å². The van der Waals surface area contributed by atoms with E-state index in [1.807, 2.05) is 0 Å². The van der Waals surface area contributed by atoms with Crippen molar-refractivity contribution in [3.05, 3.63) is 29.6 Å². The predicted octanol–water partition coefficient (Wildman–Crippen LogP) is 3.40. The number of anilines is 1. The number of benzene rings is 1. The molecule has 5 heteroatoms. The fraction of sp³-hybridized carbons (Fsp3) is 0.467. The smallest absolute Gasteiger partial charge is 0.412 e. The molecule has 0 radical (unpaired) electrons. The van der Waals surface area contributed by atoms with Crippen molar-refractivity contribution in [3.63, 3.8) is 0 Å². The molecule has 0 aliphatic heterocycles. The molecule has 0 heterocycles. The molecule has 1 aromatic carbocycles. The van der Waals surface area contributed by atoms with Gasteiger partial charge in [-0.25, -0.2) is 9.18 Å². The minimum absolute atomic E-state index is 0.308. The van der Waals surface area contributed by atoms with E-state index in [0.717, 1.165) is 6.29 Å². The predicted molar refractivity (Wildman–Crippen MR) is 73.2 cm³/mol. The van der Waals surface area contributed by atoms with Gasteiger partial charge in [-0.15, -0.1) is 0 Å². The zero-order valence-corrected chi connectivity index (χ0v) is 11.8. The van der Waals surface area contributed by atoms with Crippen LogP contribution in [0.25, 0.3) is 0 Å². The quantitative estimate of drug-likeness (QED) is 0.863. The van der Waals surface area contributed by atoms with Crippen LogP contribution in [0.4, 0.5) is 14.9 Å². The van der Waals surface area contributed by atoms with Crippen molar-refractivity contribution >= 4 is 18.1 Å². The van der Waals surface area contributed by atoms with Crippen molar-refractivity contribution in [1.29, 1.82) is 0 Å². The summed E-state index contributed by atoms with van der Waals surface area (Å²) in [6.45, 7) is 5.24. The van der Waals surface area contributed by atoms with Gasteiger partial charge in [-0.1, -0.05) is 6.07 Å². The van der Waals surface area contributed by atoms with E-state index in [1.54, 1.807) is 32.9 Å². The number of rotatable bonds is 3. The fourth-order valence-electron chi connectivity index (χ4n) is 2.00. The third-order valence-corrected chi connectivity index (χ3v) is 3.17. The number of nitrogens with one attached hydrogen (secondary N) is 1. The molecule has 1 saturated carbocycles. The number of carbonyl (C=O) groups excluding carboxylic acids is 2. The fourth-order valence-corrected chi connectivity index (χ4v) is 2.00. The summed E-state index contributed by atoms with van der Waals surface area (Å²) in [6.07, 6.45) is 1.51. The largest absolute Gasteiger partial charge is 0.444 e. The molecular formula is C15H18FNO3. The van der Waals surface area contributed by atoms with E-state index in [-0.39, 0.29) is 0 Å². The Morgan fingerprint density at radius 1 is 1.40 bits per heavy atom. The van der Waals surface area contributed by atoms with E-state index in [2.05, 4.69) is 5.32 Å². The molecule has 1 aliphatic carbocycles. The maximum absolute atomic E-state index is 14.0. The van der Waals surface area contributed by atoms with Gasteiger partial charge in [0.1, 0.15) is 17.7 Å². The summed E-state index contributed by atoms with van der Waals surface area (Å²) in [5.41, 5.74) is -0.573. The molecule has 1 fully saturated rings. The van der Waals surface area contributed by atoms with Crippen LogP contribution in [-0.2, 0) is 14.9 Å². The number of carbonyl (C=O) groups is 2. The van der Waals surface area contributed by atoms with Crippen LogP contribution in [0, 0.1) is 5.82 Å². The number of aldehydes is 1. The number of hydrogen-bond donors (Lipinski definition) is 1. The Kier molecular flexibility index (Phi) is 3.54. The highest BCUT2D eigenvalue weighted by Gasteiger charge is 2.46. The van der Waals surface area contributed by atoms with Gasteiger partial charge in [0.05, 0.1) is 5.41 Å². The van der Waals surface area contributed by atoms with Gasteiger partial charge >= 0.3 is 6.09 Å². The van der Waals surface area contributed by atoms with E-state index in [1.165, 1.54) is 6.07 Å². The third-order valence-electron chi connectivity index (χ3n) is 3.17. The summed E-state index contributed by atoms with van der Waals surface area (Å²) in [7, 11) is 0. The first-order chi connectivity index (χ1) is 9.26. The molecule has 108 valence electrons. The Morgan fingerprint density at radius 2 is 2.05 bits per heavy atom. The van der Waals surface area contributed by atoms with Gasteiger partial charge in [0.2, 0.25) is 0 Å². The zero-order chi connectivity index (χ0) is 15.0. The lowest BCUT2D eigenvalue weighted by molar-refractivity contribution is -0.109. The average Bonchev–Trinajstić information content (AvgIpc) is 3.07. The van der Waals surface area contributed by atoms with Gasteiger partial charge in [0.25, 0.3) is 0 Å². The maximum atomic E-state index is 14.0. The number of hydrogen-bond acceptors (Lipinski definition) is 3. The van der Waals surface area contributed by atoms with E-state index < -0.39 is 22.9 Å². The van der Waals surface area contributed by atoms with Crippen LogP contribution >= 0.6 is 0 Å².